The molecule has 3 aliphatic rings. The number of anilines is 1. The van der Waals surface area contributed by atoms with Gasteiger partial charge in [0.15, 0.2) is 0 Å². The summed E-state index contributed by atoms with van der Waals surface area (Å²) in [6, 6.07) is 7.18. The molecule has 0 aromatic heterocycles. The first-order valence-corrected chi connectivity index (χ1v) is 11.6. The van der Waals surface area contributed by atoms with Gasteiger partial charge in [0.05, 0.1) is 11.3 Å². The summed E-state index contributed by atoms with van der Waals surface area (Å²) in [7, 11) is 0. The molecule has 1 N–H and O–H groups in total. The Morgan fingerprint density at radius 2 is 2.03 bits per heavy atom. The van der Waals surface area contributed by atoms with Crippen LogP contribution < -0.4 is 10.2 Å². The number of nitrogens with zero attached hydrogens (tertiary/aromatic N) is 3. The minimum Gasteiger partial charge on any atom is -0.355 e. The summed E-state index contributed by atoms with van der Waals surface area (Å²) in [5.74, 6) is 0.433. The first-order valence-electron chi connectivity index (χ1n) is 11.6. The Bertz CT molecular complexity index is 857. The second kappa shape index (κ2) is 8.99. The van der Waals surface area contributed by atoms with E-state index in [9.17, 15) is 14.4 Å². The number of unbranched alkanes of at least 4 members (excludes halogenated alkanes) is 1. The van der Waals surface area contributed by atoms with Crippen molar-refractivity contribution in [1.29, 1.82) is 0 Å². The number of hydrogen-bond donors (Lipinski definition) is 1. The van der Waals surface area contributed by atoms with Crippen molar-refractivity contribution in [3.63, 3.8) is 0 Å². The van der Waals surface area contributed by atoms with Crippen molar-refractivity contribution >= 4 is 23.4 Å². The second-order valence-corrected chi connectivity index (χ2v) is 9.46. The largest absolute Gasteiger partial charge is 0.355 e. The van der Waals surface area contributed by atoms with E-state index in [4.69, 9.17) is 0 Å². The van der Waals surface area contributed by atoms with E-state index in [2.05, 4.69) is 17.1 Å². The Labute approximate surface area is 184 Å². The molecule has 3 amide bonds. The number of fused-ring (bicyclic) bond motifs is 3. The molecule has 4 rings (SSSR count). The van der Waals surface area contributed by atoms with Gasteiger partial charge in [-0.3, -0.25) is 19.3 Å². The van der Waals surface area contributed by atoms with Gasteiger partial charge in [0.25, 0.3) is 5.91 Å². The maximum Gasteiger partial charge on any atom is 0.258 e. The van der Waals surface area contributed by atoms with Crippen molar-refractivity contribution in [2.24, 2.45) is 5.92 Å². The molecule has 0 bridgehead atoms. The van der Waals surface area contributed by atoms with Gasteiger partial charge in [-0.25, -0.2) is 0 Å². The molecule has 7 heteroatoms. The van der Waals surface area contributed by atoms with Gasteiger partial charge >= 0.3 is 0 Å². The Morgan fingerprint density at radius 1 is 1.23 bits per heavy atom. The van der Waals surface area contributed by atoms with E-state index < -0.39 is 5.66 Å². The molecule has 0 aliphatic carbocycles. The van der Waals surface area contributed by atoms with Crippen LogP contribution in [0.5, 0.6) is 0 Å². The van der Waals surface area contributed by atoms with Gasteiger partial charge in [-0.05, 0) is 70.2 Å². The predicted molar refractivity (Wildman–Crippen MR) is 120 cm³/mol. The lowest BCUT2D eigenvalue weighted by molar-refractivity contribution is -0.124. The van der Waals surface area contributed by atoms with E-state index in [0.717, 1.165) is 25.3 Å². The molecule has 1 aromatic carbocycles. The van der Waals surface area contributed by atoms with Gasteiger partial charge < -0.3 is 15.1 Å². The SMILES string of the molecule is CC1CCCN(CCCCNC(=O)CN2C(=O)c3ccccc3N3C(=O)CCC23C)C1. The molecule has 0 radical (unpaired) electrons. The highest BCUT2D eigenvalue weighted by Gasteiger charge is 2.53. The average Bonchev–Trinajstić information content (AvgIpc) is 3.06. The number of piperidine rings is 1. The third-order valence-corrected chi connectivity index (χ3v) is 7.01. The van der Waals surface area contributed by atoms with Gasteiger partial charge in [-0.1, -0.05) is 19.1 Å². The first-order chi connectivity index (χ1) is 14.9. The van der Waals surface area contributed by atoms with Gasteiger partial charge in [0.1, 0.15) is 12.2 Å². The fourth-order valence-corrected chi connectivity index (χ4v) is 5.32. The highest BCUT2D eigenvalue weighted by molar-refractivity contribution is 6.11. The number of rotatable bonds is 7. The number of nitrogens with one attached hydrogen (secondary N) is 1. The molecular weight excluding hydrogens is 392 g/mol. The lowest BCUT2D eigenvalue weighted by Gasteiger charge is -2.48. The maximum atomic E-state index is 13.2. The minimum absolute atomic E-state index is 0.000103. The van der Waals surface area contributed by atoms with Crippen molar-refractivity contribution in [3.8, 4) is 0 Å². The Kier molecular flexibility index (Phi) is 6.32. The second-order valence-electron chi connectivity index (χ2n) is 9.46. The zero-order valence-electron chi connectivity index (χ0n) is 18.7. The van der Waals surface area contributed by atoms with Crippen molar-refractivity contribution in [2.45, 2.75) is 58.0 Å². The summed E-state index contributed by atoms with van der Waals surface area (Å²) in [6.45, 7) is 8.22. The lowest BCUT2D eigenvalue weighted by atomic mass is 9.98. The van der Waals surface area contributed by atoms with Crippen LogP contribution in [0.15, 0.2) is 24.3 Å². The van der Waals surface area contributed by atoms with E-state index in [0.29, 0.717) is 30.6 Å². The standard InChI is InChI=1S/C24H34N4O3/c1-18-8-7-15-26(16-18)14-6-5-13-25-21(29)17-27-23(31)19-9-3-4-10-20(19)28-22(30)11-12-24(27,28)2/h3-4,9-10,18H,5-8,11-17H2,1-2H3,(H,25,29). The predicted octanol–water partition coefficient (Wildman–Crippen LogP) is 2.61. The lowest BCUT2D eigenvalue weighted by Crippen LogP contribution is -2.63. The number of para-hydroxylation sites is 1. The van der Waals surface area contributed by atoms with Gasteiger partial charge in [0.2, 0.25) is 11.8 Å². The van der Waals surface area contributed by atoms with Gasteiger partial charge in [-0.15, -0.1) is 0 Å². The minimum atomic E-state index is -0.787. The molecule has 31 heavy (non-hydrogen) atoms. The smallest absolute Gasteiger partial charge is 0.258 e. The van der Waals surface area contributed by atoms with Crippen LogP contribution in [0.4, 0.5) is 5.69 Å². The highest BCUT2D eigenvalue weighted by atomic mass is 16.2. The van der Waals surface area contributed by atoms with Crippen molar-refractivity contribution < 1.29 is 14.4 Å². The van der Waals surface area contributed by atoms with Gasteiger partial charge in [-0.2, -0.15) is 0 Å². The van der Waals surface area contributed by atoms with Crippen LogP contribution in [-0.2, 0) is 9.59 Å². The summed E-state index contributed by atoms with van der Waals surface area (Å²) < 4.78 is 0. The summed E-state index contributed by atoms with van der Waals surface area (Å²) in [5, 5.41) is 2.97. The first kappa shape index (κ1) is 21.8. The monoisotopic (exact) mass is 426 g/mol. The van der Waals surface area contributed by atoms with Crippen LogP contribution in [0.3, 0.4) is 0 Å². The van der Waals surface area contributed by atoms with Crippen molar-refractivity contribution in [1.82, 2.24) is 15.1 Å². The Morgan fingerprint density at radius 3 is 2.84 bits per heavy atom. The molecule has 168 valence electrons. The molecule has 1 aromatic rings. The number of benzene rings is 1. The molecule has 3 heterocycles. The number of likely N-dealkylation sites (tertiary alicyclic amines) is 1. The molecule has 2 atom stereocenters. The van der Waals surface area contributed by atoms with Crippen LogP contribution in [0.2, 0.25) is 0 Å². The van der Waals surface area contributed by atoms with E-state index in [-0.39, 0.29) is 24.3 Å². The third kappa shape index (κ3) is 4.33. The van der Waals surface area contributed by atoms with E-state index in [1.165, 1.54) is 25.9 Å². The number of carbonyl (C=O) groups excluding carboxylic acids is 3. The number of amides is 3. The Hall–Kier alpha value is -2.41. The van der Waals surface area contributed by atoms with Crippen molar-refractivity contribution in [3.05, 3.63) is 29.8 Å². The molecule has 7 nitrogen and oxygen atoms in total. The van der Waals surface area contributed by atoms with E-state index in [1.54, 1.807) is 21.9 Å². The normalized spacial score (nSPS) is 26.1. The van der Waals surface area contributed by atoms with Crippen LogP contribution in [0, 0.1) is 5.92 Å². The zero-order chi connectivity index (χ0) is 22.0. The molecule has 2 fully saturated rings. The molecule has 3 aliphatic heterocycles. The average molecular weight is 427 g/mol. The van der Waals surface area contributed by atoms with Crippen LogP contribution in [-0.4, -0.2) is 65.9 Å². The summed E-state index contributed by atoms with van der Waals surface area (Å²) in [5.41, 5.74) is 0.352. The van der Waals surface area contributed by atoms with E-state index in [1.807, 2.05) is 19.1 Å². The summed E-state index contributed by atoms with van der Waals surface area (Å²) in [6.07, 6.45) is 5.51. The number of hydrogen-bond acceptors (Lipinski definition) is 4. The highest BCUT2D eigenvalue weighted by Crippen LogP contribution is 2.43. The third-order valence-electron chi connectivity index (χ3n) is 7.01. The van der Waals surface area contributed by atoms with Crippen LogP contribution in [0.25, 0.3) is 0 Å². The fraction of sp³-hybridized carbons (Fsp3) is 0.625. The van der Waals surface area contributed by atoms with Crippen LogP contribution >= 0.6 is 0 Å². The molecule has 0 saturated carbocycles. The van der Waals surface area contributed by atoms with E-state index >= 15 is 0 Å². The van der Waals surface area contributed by atoms with Crippen molar-refractivity contribution in [2.75, 3.05) is 37.6 Å². The topological polar surface area (TPSA) is 73.0 Å². The molecular formula is C24H34N4O3. The molecule has 2 unspecified atom stereocenters. The number of carbonyl (C=O) groups is 3. The zero-order valence-corrected chi connectivity index (χ0v) is 18.7. The molecule has 0 spiro atoms. The molecule has 2 saturated heterocycles. The summed E-state index contributed by atoms with van der Waals surface area (Å²) >= 11 is 0. The Balaban J connectivity index is 1.31. The maximum absolute atomic E-state index is 13.2. The van der Waals surface area contributed by atoms with Crippen LogP contribution in [0.1, 0.15) is 62.7 Å². The quantitative estimate of drug-likeness (QED) is 0.681. The fourth-order valence-electron chi connectivity index (χ4n) is 5.32. The summed E-state index contributed by atoms with van der Waals surface area (Å²) in [4.78, 5) is 44.2. The van der Waals surface area contributed by atoms with Gasteiger partial charge in [0, 0.05) is 19.5 Å².